The van der Waals surface area contributed by atoms with Crippen LogP contribution in [-0.4, -0.2) is 29.8 Å². The molecule has 0 unspecified atom stereocenters. The number of nitro groups is 1. The first-order chi connectivity index (χ1) is 15.1. The SMILES string of the molecule is Cc1c(F)c(Oc2cccc(N(C)C)c2)nc(Oc2cc(C(=N)N)ccc2[N+](=O)[O-])c1F. The Labute approximate surface area is 181 Å². The number of rotatable bonds is 7. The van der Waals surface area contributed by atoms with Crippen LogP contribution in [0.1, 0.15) is 11.1 Å². The first-order valence-electron chi connectivity index (χ1n) is 9.20. The van der Waals surface area contributed by atoms with Crippen LogP contribution in [0.25, 0.3) is 0 Å². The molecule has 3 rings (SSSR count). The van der Waals surface area contributed by atoms with Crippen LogP contribution in [0, 0.1) is 34.1 Å². The largest absolute Gasteiger partial charge is 0.436 e. The highest BCUT2D eigenvalue weighted by molar-refractivity contribution is 5.95. The van der Waals surface area contributed by atoms with Crippen molar-refractivity contribution in [1.82, 2.24) is 4.98 Å². The second-order valence-electron chi connectivity index (χ2n) is 6.92. The summed E-state index contributed by atoms with van der Waals surface area (Å²) in [6.45, 7) is 1.16. The van der Waals surface area contributed by atoms with Gasteiger partial charge in [-0.25, -0.2) is 8.78 Å². The van der Waals surface area contributed by atoms with Gasteiger partial charge < -0.3 is 20.1 Å². The average Bonchev–Trinajstić information content (AvgIpc) is 2.75. The van der Waals surface area contributed by atoms with Gasteiger partial charge in [0.05, 0.1) is 4.92 Å². The van der Waals surface area contributed by atoms with Crippen LogP contribution < -0.4 is 20.1 Å². The van der Waals surface area contributed by atoms with E-state index in [2.05, 4.69) is 4.98 Å². The Morgan fingerprint density at radius 1 is 1.12 bits per heavy atom. The van der Waals surface area contributed by atoms with Crippen molar-refractivity contribution in [3.05, 3.63) is 75.3 Å². The highest BCUT2D eigenvalue weighted by Gasteiger charge is 2.24. The second-order valence-corrected chi connectivity index (χ2v) is 6.92. The van der Waals surface area contributed by atoms with Crippen LogP contribution in [-0.2, 0) is 0 Å². The Bertz CT molecular complexity index is 1220. The predicted octanol–water partition coefficient (Wildman–Crippen LogP) is 4.51. The third-order valence-electron chi connectivity index (χ3n) is 4.46. The molecule has 3 aromatic rings. The summed E-state index contributed by atoms with van der Waals surface area (Å²) in [6, 6.07) is 10.1. The maximum absolute atomic E-state index is 14.7. The molecule has 32 heavy (non-hydrogen) atoms. The first kappa shape index (κ1) is 22.4. The highest BCUT2D eigenvalue weighted by Crippen LogP contribution is 2.36. The molecule has 0 bridgehead atoms. The van der Waals surface area contributed by atoms with Crippen molar-refractivity contribution in [2.75, 3.05) is 19.0 Å². The van der Waals surface area contributed by atoms with E-state index in [1.165, 1.54) is 6.07 Å². The number of nitrogen functional groups attached to an aromatic ring is 1. The van der Waals surface area contributed by atoms with Crippen LogP contribution >= 0.6 is 0 Å². The standard InChI is InChI=1S/C21H19F2N5O4/c1-11-17(22)20(31-14-6-4-5-13(10-14)27(2)3)26-21(18(11)23)32-16-9-12(19(24)25)7-8-15(16)28(29)30/h4-10H,1-3H3,(H3,24,25). The van der Waals surface area contributed by atoms with E-state index < -0.39 is 45.3 Å². The topological polar surface area (TPSA) is 128 Å². The molecular formula is C21H19F2N5O4. The number of ether oxygens (including phenoxy) is 2. The fourth-order valence-corrected chi connectivity index (χ4v) is 2.70. The summed E-state index contributed by atoms with van der Waals surface area (Å²) in [4.78, 5) is 16.1. The van der Waals surface area contributed by atoms with E-state index in [4.69, 9.17) is 20.6 Å². The molecule has 1 aromatic heterocycles. The second kappa shape index (κ2) is 8.84. The van der Waals surface area contributed by atoms with Gasteiger partial charge in [0.25, 0.3) is 11.8 Å². The molecule has 9 nitrogen and oxygen atoms in total. The van der Waals surface area contributed by atoms with Gasteiger partial charge in [-0.1, -0.05) is 6.07 Å². The molecular weight excluding hydrogens is 424 g/mol. The van der Waals surface area contributed by atoms with Crippen LogP contribution in [0.15, 0.2) is 42.5 Å². The molecule has 1 heterocycles. The third-order valence-corrected chi connectivity index (χ3v) is 4.46. The molecule has 3 N–H and O–H groups in total. The van der Waals surface area contributed by atoms with Crippen LogP contribution in [0.4, 0.5) is 20.2 Å². The lowest BCUT2D eigenvalue weighted by atomic mass is 10.1. The van der Waals surface area contributed by atoms with E-state index in [0.29, 0.717) is 0 Å². The van der Waals surface area contributed by atoms with Crippen molar-refractivity contribution < 1.29 is 23.2 Å². The minimum Gasteiger partial charge on any atom is -0.436 e. The normalized spacial score (nSPS) is 10.5. The fourth-order valence-electron chi connectivity index (χ4n) is 2.70. The summed E-state index contributed by atoms with van der Waals surface area (Å²) in [5.41, 5.74) is 5.34. The highest BCUT2D eigenvalue weighted by atomic mass is 19.1. The maximum Gasteiger partial charge on any atom is 0.311 e. The van der Waals surface area contributed by atoms with Crippen LogP contribution in [0.5, 0.6) is 23.3 Å². The number of aromatic nitrogens is 1. The third kappa shape index (κ3) is 4.56. The molecule has 11 heteroatoms. The maximum atomic E-state index is 14.7. The predicted molar refractivity (Wildman–Crippen MR) is 114 cm³/mol. The van der Waals surface area contributed by atoms with Crippen molar-refractivity contribution in [3.63, 3.8) is 0 Å². The minimum absolute atomic E-state index is 0.113. The Morgan fingerprint density at radius 3 is 2.38 bits per heavy atom. The number of nitrogens with two attached hydrogens (primary N) is 1. The molecule has 0 aliphatic heterocycles. The lowest BCUT2D eigenvalue weighted by Gasteiger charge is -2.15. The van der Waals surface area contributed by atoms with Gasteiger partial charge in [-0.2, -0.15) is 4.98 Å². The molecule has 0 aliphatic rings. The summed E-state index contributed by atoms with van der Waals surface area (Å²) in [5.74, 6) is -4.05. The summed E-state index contributed by atoms with van der Waals surface area (Å²) in [5, 5.41) is 18.8. The number of nitrogens with zero attached hydrogens (tertiary/aromatic N) is 3. The molecule has 2 aromatic carbocycles. The molecule has 0 atom stereocenters. The number of pyridine rings is 1. The van der Waals surface area contributed by atoms with Gasteiger partial charge >= 0.3 is 5.69 Å². The number of nitrogens with one attached hydrogen (secondary N) is 1. The van der Waals surface area contributed by atoms with E-state index in [0.717, 1.165) is 24.7 Å². The van der Waals surface area contributed by atoms with Crippen molar-refractivity contribution in [2.24, 2.45) is 5.73 Å². The molecule has 0 amide bonds. The summed E-state index contributed by atoms with van der Waals surface area (Å²) < 4.78 is 40.2. The van der Waals surface area contributed by atoms with Gasteiger partial charge in [-0.05, 0) is 31.2 Å². The zero-order valence-electron chi connectivity index (χ0n) is 17.3. The van der Waals surface area contributed by atoms with Crippen LogP contribution in [0.3, 0.4) is 0 Å². The number of hydrogen-bond acceptors (Lipinski definition) is 7. The van der Waals surface area contributed by atoms with Gasteiger partial charge in [0, 0.05) is 43.0 Å². The zero-order valence-corrected chi connectivity index (χ0v) is 17.3. The summed E-state index contributed by atoms with van der Waals surface area (Å²) in [6.07, 6.45) is 0. The molecule has 0 saturated heterocycles. The van der Waals surface area contributed by atoms with E-state index >= 15 is 0 Å². The van der Waals surface area contributed by atoms with Gasteiger partial charge in [-0.3, -0.25) is 15.5 Å². The lowest BCUT2D eigenvalue weighted by molar-refractivity contribution is -0.385. The van der Waals surface area contributed by atoms with E-state index in [1.807, 2.05) is 25.1 Å². The number of nitro benzene ring substituents is 1. The van der Waals surface area contributed by atoms with Gasteiger partial charge in [0.15, 0.2) is 11.6 Å². The Hall–Kier alpha value is -4.28. The van der Waals surface area contributed by atoms with Crippen LogP contribution in [0.2, 0.25) is 0 Å². The number of benzene rings is 2. The monoisotopic (exact) mass is 443 g/mol. The van der Waals surface area contributed by atoms with Crippen molar-refractivity contribution >= 4 is 17.2 Å². The quantitative estimate of drug-likeness (QED) is 0.238. The minimum atomic E-state index is -1.15. The Kier molecular flexibility index (Phi) is 6.19. The van der Waals surface area contributed by atoms with Gasteiger partial charge in [0.1, 0.15) is 11.6 Å². The molecule has 0 aliphatic carbocycles. The molecule has 0 spiro atoms. The van der Waals surface area contributed by atoms with Crippen molar-refractivity contribution in [1.29, 1.82) is 5.41 Å². The van der Waals surface area contributed by atoms with Crippen molar-refractivity contribution in [2.45, 2.75) is 6.92 Å². The average molecular weight is 443 g/mol. The lowest BCUT2D eigenvalue weighted by Crippen LogP contribution is -2.11. The van der Waals surface area contributed by atoms with Crippen molar-refractivity contribution in [3.8, 4) is 23.3 Å². The van der Waals surface area contributed by atoms with Gasteiger partial charge in [-0.15, -0.1) is 0 Å². The number of hydrogen-bond donors (Lipinski definition) is 2. The smallest absolute Gasteiger partial charge is 0.311 e. The summed E-state index contributed by atoms with van der Waals surface area (Å²) >= 11 is 0. The number of halogens is 2. The molecule has 0 saturated carbocycles. The molecule has 0 fully saturated rings. The summed E-state index contributed by atoms with van der Waals surface area (Å²) in [7, 11) is 3.63. The van der Waals surface area contributed by atoms with E-state index in [-0.39, 0.29) is 17.1 Å². The number of anilines is 1. The molecule has 0 radical (unpaired) electrons. The van der Waals surface area contributed by atoms with Gasteiger partial charge in [0.2, 0.25) is 5.75 Å². The zero-order chi connectivity index (χ0) is 23.6. The van der Waals surface area contributed by atoms with E-state index in [9.17, 15) is 18.9 Å². The first-order valence-corrected chi connectivity index (χ1v) is 9.20. The fraction of sp³-hybridized carbons (Fsp3) is 0.143. The number of amidine groups is 1. The molecule has 166 valence electrons. The van der Waals surface area contributed by atoms with E-state index in [1.54, 1.807) is 18.2 Å². The Balaban J connectivity index is 2.05. The Morgan fingerprint density at radius 2 is 1.78 bits per heavy atom.